The van der Waals surface area contributed by atoms with E-state index in [2.05, 4.69) is 5.10 Å². The maximum Gasteiger partial charge on any atom is 0.342 e. The lowest BCUT2D eigenvalue weighted by Gasteiger charge is -2.02. The molecule has 0 spiro atoms. The Morgan fingerprint density at radius 1 is 1.47 bits per heavy atom. The van der Waals surface area contributed by atoms with E-state index in [0.717, 1.165) is 4.90 Å². The number of nitro groups is 1. The van der Waals surface area contributed by atoms with Crippen LogP contribution in [-0.2, 0) is 7.05 Å². The number of carboxylic acids is 1. The van der Waals surface area contributed by atoms with Crippen LogP contribution in [0.3, 0.4) is 0 Å². The van der Waals surface area contributed by atoms with Crippen molar-refractivity contribution in [1.29, 1.82) is 0 Å². The van der Waals surface area contributed by atoms with E-state index < -0.39 is 16.6 Å². The zero-order valence-corrected chi connectivity index (χ0v) is 10.6. The summed E-state index contributed by atoms with van der Waals surface area (Å²) >= 11 is 1.29. The van der Waals surface area contributed by atoms with Gasteiger partial charge in [-0.1, -0.05) is 11.8 Å². The van der Waals surface area contributed by atoms with Crippen LogP contribution >= 0.6 is 11.8 Å². The third-order valence-electron chi connectivity index (χ3n) is 2.31. The summed E-state index contributed by atoms with van der Waals surface area (Å²) in [5.41, 5.74) is -0.734. The molecule has 0 aliphatic rings. The van der Waals surface area contributed by atoms with Gasteiger partial charge >= 0.3 is 5.97 Å². The Morgan fingerprint density at radius 2 is 2.21 bits per heavy atom. The van der Waals surface area contributed by atoms with Crippen molar-refractivity contribution in [3.63, 3.8) is 0 Å². The Hall–Kier alpha value is -2.35. The molecule has 1 heterocycles. The summed E-state index contributed by atoms with van der Waals surface area (Å²) in [6.07, 6.45) is 3.40. The number of hydrogen-bond donors (Lipinski definition) is 1. The van der Waals surface area contributed by atoms with Gasteiger partial charge < -0.3 is 5.11 Å². The highest BCUT2D eigenvalue weighted by atomic mass is 32.2. The van der Waals surface area contributed by atoms with E-state index >= 15 is 0 Å². The van der Waals surface area contributed by atoms with Crippen LogP contribution in [0.1, 0.15) is 10.4 Å². The smallest absolute Gasteiger partial charge is 0.342 e. The second kappa shape index (κ2) is 5.11. The van der Waals surface area contributed by atoms with Crippen LogP contribution in [0.15, 0.2) is 40.4 Å². The van der Waals surface area contributed by atoms with E-state index in [1.54, 1.807) is 24.1 Å². The zero-order chi connectivity index (χ0) is 14.0. The largest absolute Gasteiger partial charge is 0.477 e. The van der Waals surface area contributed by atoms with Crippen molar-refractivity contribution in [2.45, 2.75) is 9.79 Å². The van der Waals surface area contributed by atoms with Crippen molar-refractivity contribution in [2.24, 2.45) is 7.05 Å². The van der Waals surface area contributed by atoms with E-state index in [1.165, 1.54) is 30.0 Å². The maximum atomic E-state index is 11.0. The lowest BCUT2D eigenvalue weighted by molar-refractivity contribution is -0.385. The monoisotopic (exact) mass is 279 g/mol. The van der Waals surface area contributed by atoms with Crippen molar-refractivity contribution in [3.05, 3.63) is 46.3 Å². The predicted octanol–water partition coefficient (Wildman–Crippen LogP) is 2.18. The van der Waals surface area contributed by atoms with Crippen LogP contribution in [0.25, 0.3) is 0 Å². The molecule has 0 aliphatic carbocycles. The fourth-order valence-corrected chi connectivity index (χ4v) is 2.39. The van der Waals surface area contributed by atoms with Gasteiger partial charge in [-0.3, -0.25) is 14.8 Å². The van der Waals surface area contributed by atoms with Gasteiger partial charge in [0, 0.05) is 24.2 Å². The Kier molecular flexibility index (Phi) is 3.52. The van der Waals surface area contributed by atoms with Crippen LogP contribution in [0.4, 0.5) is 5.69 Å². The fraction of sp³-hybridized carbons (Fsp3) is 0.0909. The number of carboxylic acid groups (broad SMARTS) is 1. The number of aromatic carboxylic acids is 1. The molecule has 0 radical (unpaired) electrons. The quantitative estimate of drug-likeness (QED) is 0.680. The molecule has 1 aromatic heterocycles. The summed E-state index contributed by atoms with van der Waals surface area (Å²) in [5.74, 6) is -1.32. The molecular formula is C11H9N3O4S. The van der Waals surface area contributed by atoms with Crippen molar-refractivity contribution >= 4 is 23.4 Å². The highest BCUT2D eigenvalue weighted by Gasteiger charge is 2.20. The molecule has 0 fully saturated rings. The predicted molar refractivity (Wildman–Crippen MR) is 67.4 cm³/mol. The Labute approximate surface area is 112 Å². The molecule has 8 heteroatoms. The van der Waals surface area contributed by atoms with Gasteiger partial charge in [0.2, 0.25) is 0 Å². The third kappa shape index (κ3) is 2.91. The fourth-order valence-electron chi connectivity index (χ4n) is 1.50. The first kappa shape index (κ1) is 13.1. The first-order chi connectivity index (χ1) is 8.97. The van der Waals surface area contributed by atoms with Crippen molar-refractivity contribution in [2.75, 3.05) is 0 Å². The van der Waals surface area contributed by atoms with Crippen molar-refractivity contribution < 1.29 is 14.8 Å². The highest BCUT2D eigenvalue weighted by Crippen LogP contribution is 2.30. The molecule has 0 aliphatic heterocycles. The van der Waals surface area contributed by atoms with Gasteiger partial charge in [-0.25, -0.2) is 4.79 Å². The topological polar surface area (TPSA) is 98.3 Å². The molecule has 1 N–H and O–H groups in total. The number of nitrogens with zero attached hydrogens (tertiary/aromatic N) is 3. The minimum atomic E-state index is -1.32. The number of aryl methyl sites for hydroxylation is 1. The van der Waals surface area contributed by atoms with E-state index in [-0.39, 0.29) is 5.56 Å². The van der Waals surface area contributed by atoms with E-state index in [0.29, 0.717) is 4.90 Å². The Bertz CT molecular complexity index is 653. The van der Waals surface area contributed by atoms with Crippen LogP contribution in [0.2, 0.25) is 0 Å². The summed E-state index contributed by atoms with van der Waals surface area (Å²) in [5, 5.41) is 23.7. The molecule has 1 aromatic carbocycles. The van der Waals surface area contributed by atoms with Crippen molar-refractivity contribution in [1.82, 2.24) is 9.78 Å². The minimum absolute atomic E-state index is 0.320. The summed E-state index contributed by atoms with van der Waals surface area (Å²) in [4.78, 5) is 22.5. The zero-order valence-electron chi connectivity index (χ0n) is 9.81. The lowest BCUT2D eigenvalue weighted by Crippen LogP contribution is -2.02. The number of hydrogen-bond acceptors (Lipinski definition) is 5. The van der Waals surface area contributed by atoms with E-state index in [9.17, 15) is 14.9 Å². The van der Waals surface area contributed by atoms with Crippen LogP contribution in [0.5, 0.6) is 0 Å². The number of aromatic nitrogens is 2. The summed E-state index contributed by atoms with van der Waals surface area (Å²) in [6.45, 7) is 0. The minimum Gasteiger partial charge on any atom is -0.477 e. The molecule has 0 saturated heterocycles. The molecule has 2 rings (SSSR count). The molecule has 0 amide bonds. The van der Waals surface area contributed by atoms with Gasteiger partial charge in [-0.05, 0) is 12.1 Å². The lowest BCUT2D eigenvalue weighted by atomic mass is 10.2. The summed E-state index contributed by atoms with van der Waals surface area (Å²) in [6, 6.07) is 4.00. The van der Waals surface area contributed by atoms with Gasteiger partial charge in [-0.2, -0.15) is 5.10 Å². The molecule has 7 nitrogen and oxygen atoms in total. The van der Waals surface area contributed by atoms with Gasteiger partial charge in [0.25, 0.3) is 5.69 Å². The molecule has 98 valence electrons. The van der Waals surface area contributed by atoms with Crippen LogP contribution in [0, 0.1) is 10.1 Å². The number of benzene rings is 1. The molecule has 0 unspecified atom stereocenters. The second-order valence-corrected chi connectivity index (χ2v) is 4.84. The summed E-state index contributed by atoms with van der Waals surface area (Å²) in [7, 11) is 1.77. The van der Waals surface area contributed by atoms with E-state index in [1.807, 2.05) is 0 Å². The first-order valence-electron chi connectivity index (χ1n) is 5.15. The van der Waals surface area contributed by atoms with Crippen LogP contribution < -0.4 is 0 Å². The standard InChI is InChI=1S/C11H9N3O4S/c1-13-6-8(5-12-13)19-7-2-3-10(14(17)18)9(4-7)11(15)16/h2-6H,1H3,(H,15,16). The number of carbonyl (C=O) groups is 1. The van der Waals surface area contributed by atoms with Crippen LogP contribution in [-0.4, -0.2) is 25.8 Å². The van der Waals surface area contributed by atoms with Gasteiger partial charge in [0.05, 0.1) is 16.0 Å². The average molecular weight is 279 g/mol. The first-order valence-corrected chi connectivity index (χ1v) is 5.97. The maximum absolute atomic E-state index is 11.0. The molecule has 2 aromatic rings. The molecule has 0 bridgehead atoms. The SMILES string of the molecule is Cn1cc(Sc2ccc([N+](=O)[O-])c(C(=O)O)c2)cn1. The van der Waals surface area contributed by atoms with E-state index in [4.69, 9.17) is 5.11 Å². The van der Waals surface area contributed by atoms with Gasteiger partial charge in [0.15, 0.2) is 0 Å². The van der Waals surface area contributed by atoms with Crippen molar-refractivity contribution in [3.8, 4) is 0 Å². The molecular weight excluding hydrogens is 270 g/mol. The Balaban J connectivity index is 2.35. The number of rotatable bonds is 4. The molecule has 19 heavy (non-hydrogen) atoms. The number of nitro benzene ring substituents is 1. The third-order valence-corrected chi connectivity index (χ3v) is 3.25. The highest BCUT2D eigenvalue weighted by molar-refractivity contribution is 7.99. The van der Waals surface area contributed by atoms with Gasteiger partial charge in [-0.15, -0.1) is 0 Å². The normalized spacial score (nSPS) is 10.4. The van der Waals surface area contributed by atoms with Gasteiger partial charge in [0.1, 0.15) is 5.56 Å². The molecule has 0 saturated carbocycles. The summed E-state index contributed by atoms with van der Waals surface area (Å²) < 4.78 is 1.62. The Morgan fingerprint density at radius 3 is 2.74 bits per heavy atom. The average Bonchev–Trinajstić information content (AvgIpc) is 2.74. The molecule has 0 atom stereocenters. The second-order valence-electron chi connectivity index (χ2n) is 3.69.